The van der Waals surface area contributed by atoms with E-state index in [2.05, 4.69) is 20.8 Å². The van der Waals surface area contributed by atoms with Crippen LogP contribution in [0.4, 0.5) is 0 Å². The van der Waals surface area contributed by atoms with Gasteiger partial charge in [0.25, 0.3) is 0 Å². The molecular formula is C10H22O2. The molecule has 0 aromatic rings. The van der Waals surface area contributed by atoms with E-state index >= 15 is 0 Å². The van der Waals surface area contributed by atoms with Gasteiger partial charge in [-0.2, -0.15) is 0 Å². The molecule has 12 heavy (non-hydrogen) atoms. The zero-order valence-corrected chi connectivity index (χ0v) is 8.10. The number of carbonyl (C=O) groups is 1. The summed E-state index contributed by atoms with van der Waals surface area (Å²) >= 11 is 0. The average Bonchev–Trinajstić information content (AvgIpc) is 1.53. The molecule has 0 spiro atoms. The third kappa shape index (κ3) is 9.47. The summed E-state index contributed by atoms with van der Waals surface area (Å²) in [5, 5.41) is 0. The molecular weight excluding hydrogens is 152 g/mol. The van der Waals surface area contributed by atoms with Gasteiger partial charge >= 0.3 is 5.97 Å². The maximum atomic E-state index is 10.5. The number of ether oxygens (including phenoxy) is 1. The normalized spacial score (nSPS) is 13.1. The highest BCUT2D eigenvalue weighted by molar-refractivity contribution is 5.66. The number of carbonyl (C=O) groups excluding carboxylic acids is 1. The van der Waals surface area contributed by atoms with Crippen LogP contribution in [-0.2, 0) is 9.53 Å². The Morgan fingerprint density at radius 3 is 2.08 bits per heavy atom. The minimum atomic E-state index is -0.193. The van der Waals surface area contributed by atoms with Crippen LogP contribution in [0.5, 0.6) is 0 Å². The summed E-state index contributed by atoms with van der Waals surface area (Å²) < 4.78 is 4.99. The molecule has 0 saturated heterocycles. The van der Waals surface area contributed by atoms with Gasteiger partial charge in [0.2, 0.25) is 0 Å². The van der Waals surface area contributed by atoms with E-state index in [1.807, 2.05) is 6.92 Å². The van der Waals surface area contributed by atoms with Crippen molar-refractivity contribution in [3.8, 4) is 0 Å². The smallest absolute Gasteiger partial charge is 0.302 e. The highest BCUT2D eigenvalue weighted by atomic mass is 16.5. The van der Waals surface area contributed by atoms with Crippen LogP contribution >= 0.6 is 0 Å². The van der Waals surface area contributed by atoms with E-state index in [1.54, 1.807) is 0 Å². The van der Waals surface area contributed by atoms with Gasteiger partial charge in [-0.25, -0.2) is 0 Å². The van der Waals surface area contributed by atoms with E-state index in [1.165, 1.54) is 6.92 Å². The fourth-order valence-corrected chi connectivity index (χ4v) is 1.19. The quantitative estimate of drug-likeness (QED) is 0.601. The van der Waals surface area contributed by atoms with Crippen LogP contribution in [-0.4, -0.2) is 12.1 Å². The number of hydrogen-bond acceptors (Lipinski definition) is 2. The van der Waals surface area contributed by atoms with Gasteiger partial charge in [-0.1, -0.05) is 28.2 Å². The molecule has 0 aromatic heterocycles. The van der Waals surface area contributed by atoms with Crippen LogP contribution in [0.2, 0.25) is 0 Å². The molecule has 0 radical (unpaired) electrons. The first-order valence-corrected chi connectivity index (χ1v) is 3.98. The number of rotatable bonds is 2. The zero-order chi connectivity index (χ0) is 9.07. The lowest BCUT2D eigenvalue weighted by Gasteiger charge is -2.22. The monoisotopic (exact) mass is 174 g/mol. The van der Waals surface area contributed by atoms with Gasteiger partial charge in [-0.05, 0) is 18.8 Å². The minimum Gasteiger partial charge on any atom is -0.463 e. The van der Waals surface area contributed by atoms with E-state index in [-0.39, 0.29) is 24.9 Å². The Kier molecular flexibility index (Phi) is 6.05. The van der Waals surface area contributed by atoms with Crippen molar-refractivity contribution in [3.63, 3.8) is 0 Å². The Labute approximate surface area is 76.3 Å². The third-order valence-corrected chi connectivity index (χ3v) is 1.27. The maximum Gasteiger partial charge on any atom is 0.302 e. The summed E-state index contributed by atoms with van der Waals surface area (Å²) in [5.74, 6) is -0.193. The summed E-state index contributed by atoms with van der Waals surface area (Å²) in [6.07, 6.45) is 0.944. The molecule has 1 unspecified atom stereocenters. The highest BCUT2D eigenvalue weighted by Gasteiger charge is 2.16. The average molecular weight is 174 g/mol. The second kappa shape index (κ2) is 5.18. The molecule has 0 aromatic carbocycles. The van der Waals surface area contributed by atoms with E-state index in [0.717, 1.165) is 6.42 Å². The van der Waals surface area contributed by atoms with Gasteiger partial charge in [-0.15, -0.1) is 0 Å². The van der Waals surface area contributed by atoms with Crippen molar-refractivity contribution in [1.29, 1.82) is 0 Å². The van der Waals surface area contributed by atoms with E-state index in [0.29, 0.717) is 0 Å². The molecule has 0 aliphatic carbocycles. The lowest BCUT2D eigenvalue weighted by Crippen LogP contribution is -2.19. The van der Waals surface area contributed by atoms with Gasteiger partial charge in [-0.3, -0.25) is 4.79 Å². The van der Waals surface area contributed by atoms with Crippen molar-refractivity contribution in [3.05, 3.63) is 0 Å². The molecule has 0 aliphatic rings. The SMILES string of the molecule is C.CC(=O)OC(C)CC(C)(C)C. The summed E-state index contributed by atoms with van der Waals surface area (Å²) in [7, 11) is 0. The molecule has 1 atom stereocenters. The topological polar surface area (TPSA) is 26.3 Å². The largest absolute Gasteiger partial charge is 0.463 e. The van der Waals surface area contributed by atoms with Crippen LogP contribution < -0.4 is 0 Å². The van der Waals surface area contributed by atoms with Gasteiger partial charge in [0.1, 0.15) is 0 Å². The molecule has 0 N–H and O–H groups in total. The van der Waals surface area contributed by atoms with Gasteiger partial charge in [0.05, 0.1) is 6.10 Å². The number of esters is 1. The zero-order valence-electron chi connectivity index (χ0n) is 8.10. The molecule has 0 saturated carbocycles. The highest BCUT2D eigenvalue weighted by Crippen LogP contribution is 2.21. The lowest BCUT2D eigenvalue weighted by atomic mass is 9.90. The Morgan fingerprint density at radius 1 is 1.42 bits per heavy atom. The molecule has 0 fully saturated rings. The van der Waals surface area contributed by atoms with Crippen LogP contribution in [0, 0.1) is 5.41 Å². The summed E-state index contributed by atoms with van der Waals surface area (Å²) in [6, 6.07) is 0. The van der Waals surface area contributed by atoms with E-state index in [4.69, 9.17) is 4.74 Å². The van der Waals surface area contributed by atoms with E-state index < -0.39 is 0 Å². The van der Waals surface area contributed by atoms with Crippen molar-refractivity contribution >= 4 is 5.97 Å². The van der Waals surface area contributed by atoms with Gasteiger partial charge < -0.3 is 4.74 Å². The molecule has 0 heterocycles. The predicted octanol–water partition coefficient (Wildman–Crippen LogP) is 3.01. The van der Waals surface area contributed by atoms with Crippen LogP contribution in [0.1, 0.15) is 48.5 Å². The van der Waals surface area contributed by atoms with Gasteiger partial charge in [0, 0.05) is 6.92 Å². The third-order valence-electron chi connectivity index (χ3n) is 1.27. The van der Waals surface area contributed by atoms with Crippen LogP contribution in [0.25, 0.3) is 0 Å². The standard InChI is InChI=1S/C9H18O2.CH4/c1-7(11-8(2)10)6-9(3,4)5;/h7H,6H2,1-5H3;1H4. The molecule has 0 aliphatic heterocycles. The first kappa shape index (κ1) is 14.0. The Hall–Kier alpha value is -0.530. The van der Waals surface area contributed by atoms with Crippen molar-refractivity contribution in [2.75, 3.05) is 0 Å². The Balaban J connectivity index is 0. The molecule has 2 heteroatoms. The van der Waals surface area contributed by atoms with Crippen LogP contribution in [0.3, 0.4) is 0 Å². The molecule has 2 nitrogen and oxygen atoms in total. The first-order chi connectivity index (χ1) is 4.81. The number of hydrogen-bond donors (Lipinski definition) is 0. The molecule has 0 rings (SSSR count). The fraction of sp³-hybridized carbons (Fsp3) is 0.900. The fourth-order valence-electron chi connectivity index (χ4n) is 1.19. The predicted molar refractivity (Wildman–Crippen MR) is 52.0 cm³/mol. The second-order valence-electron chi connectivity index (χ2n) is 4.18. The second-order valence-corrected chi connectivity index (χ2v) is 4.18. The van der Waals surface area contributed by atoms with Crippen molar-refractivity contribution < 1.29 is 9.53 Å². The summed E-state index contributed by atoms with van der Waals surface area (Å²) in [4.78, 5) is 10.5. The Morgan fingerprint density at radius 2 is 1.83 bits per heavy atom. The van der Waals surface area contributed by atoms with Crippen molar-refractivity contribution in [1.82, 2.24) is 0 Å². The maximum absolute atomic E-state index is 10.5. The first-order valence-electron chi connectivity index (χ1n) is 3.98. The Bertz CT molecular complexity index is 133. The van der Waals surface area contributed by atoms with Gasteiger partial charge in [0.15, 0.2) is 0 Å². The lowest BCUT2D eigenvalue weighted by molar-refractivity contribution is -0.146. The van der Waals surface area contributed by atoms with Crippen LogP contribution in [0.15, 0.2) is 0 Å². The summed E-state index contributed by atoms with van der Waals surface area (Å²) in [6.45, 7) is 9.76. The molecule has 0 bridgehead atoms. The molecule has 74 valence electrons. The van der Waals surface area contributed by atoms with E-state index in [9.17, 15) is 4.79 Å². The minimum absolute atomic E-state index is 0. The summed E-state index contributed by atoms with van der Waals surface area (Å²) in [5.41, 5.74) is 0.231. The van der Waals surface area contributed by atoms with Crippen molar-refractivity contribution in [2.45, 2.75) is 54.6 Å². The molecule has 0 amide bonds. The van der Waals surface area contributed by atoms with Crippen molar-refractivity contribution in [2.24, 2.45) is 5.41 Å².